The van der Waals surface area contributed by atoms with Crippen LogP contribution in [0.1, 0.15) is 29.4 Å². The number of halogens is 1. The van der Waals surface area contributed by atoms with Gasteiger partial charge >= 0.3 is 0 Å². The molecule has 1 N–H and O–H groups in total. The molecule has 0 spiro atoms. The van der Waals surface area contributed by atoms with Gasteiger partial charge in [-0.25, -0.2) is 4.98 Å². The van der Waals surface area contributed by atoms with Crippen molar-refractivity contribution in [2.75, 3.05) is 13.1 Å². The number of nitrogens with one attached hydrogen (secondary N) is 1. The average Bonchev–Trinajstić information content (AvgIpc) is 3.21. The van der Waals surface area contributed by atoms with E-state index in [1.54, 1.807) is 0 Å². The number of nitrogens with zero attached hydrogens (tertiary/aromatic N) is 2. The number of aromatic nitrogens is 1. The van der Waals surface area contributed by atoms with Crippen molar-refractivity contribution >= 4 is 40.6 Å². The molecule has 2 aromatic rings. The van der Waals surface area contributed by atoms with Gasteiger partial charge in [-0.15, -0.1) is 11.3 Å². The Balaban J connectivity index is 1.41. The van der Waals surface area contributed by atoms with Crippen LogP contribution in [0.4, 0.5) is 0 Å². The molecule has 2 unspecified atom stereocenters. The Bertz CT molecular complexity index is 737. The molecule has 5 nitrogen and oxygen atoms in total. The Morgan fingerprint density at radius 3 is 2.92 bits per heavy atom. The summed E-state index contributed by atoms with van der Waals surface area (Å²) in [5.41, 5.74) is 0. The van der Waals surface area contributed by atoms with Crippen LogP contribution in [0.5, 0.6) is 0 Å². The van der Waals surface area contributed by atoms with Gasteiger partial charge in [0.05, 0.1) is 15.3 Å². The van der Waals surface area contributed by atoms with E-state index in [0.29, 0.717) is 17.2 Å². The van der Waals surface area contributed by atoms with Gasteiger partial charge in [-0.05, 0) is 74.3 Å². The summed E-state index contributed by atoms with van der Waals surface area (Å²) in [5, 5.41) is 4.01. The van der Waals surface area contributed by atoms with Gasteiger partial charge in [0, 0.05) is 12.1 Å². The van der Waals surface area contributed by atoms with Crippen molar-refractivity contribution < 1.29 is 9.21 Å². The molecule has 3 aliphatic heterocycles. The minimum absolute atomic E-state index is 0.0166. The summed E-state index contributed by atoms with van der Waals surface area (Å²) in [6, 6.07) is 4.45. The summed E-state index contributed by atoms with van der Waals surface area (Å²) >= 11 is 8.55. The fourth-order valence-corrected chi connectivity index (χ4v) is 5.64. The largest absolute Gasteiger partial charge is 0.419 e. The van der Waals surface area contributed by atoms with Crippen molar-refractivity contribution in [1.82, 2.24) is 15.2 Å². The van der Waals surface area contributed by atoms with Crippen molar-refractivity contribution in [2.45, 2.75) is 41.3 Å². The van der Waals surface area contributed by atoms with Gasteiger partial charge in [-0.1, -0.05) is 0 Å². The van der Waals surface area contributed by atoms with E-state index in [4.69, 9.17) is 16.0 Å². The molecule has 5 rings (SSSR count). The summed E-state index contributed by atoms with van der Waals surface area (Å²) in [6.45, 7) is 4.55. The third-order valence-electron chi connectivity index (χ3n) is 4.92. The minimum Gasteiger partial charge on any atom is -0.419 e. The SMILES string of the molecule is CC1C(NC(=O)c2ccc(Sc3ncc(Cl)o3)s2)C2CCN1CC2. The topological polar surface area (TPSA) is 58.4 Å². The first-order valence-corrected chi connectivity index (χ1v) is 10.0. The fourth-order valence-electron chi connectivity index (χ4n) is 3.64. The quantitative estimate of drug-likeness (QED) is 0.871. The molecule has 2 atom stereocenters. The van der Waals surface area contributed by atoms with Gasteiger partial charge in [0.2, 0.25) is 5.22 Å². The van der Waals surface area contributed by atoms with Gasteiger partial charge < -0.3 is 9.73 Å². The predicted octanol–water partition coefficient (Wildman–Crippen LogP) is 3.75. The van der Waals surface area contributed by atoms with Crippen LogP contribution in [-0.4, -0.2) is 41.0 Å². The Kier molecular flexibility index (Phi) is 4.60. The van der Waals surface area contributed by atoms with E-state index >= 15 is 0 Å². The second-order valence-electron chi connectivity index (χ2n) is 6.26. The lowest BCUT2D eigenvalue weighted by Gasteiger charge is -2.49. The standard InChI is InChI=1S/C16H18ClN3O2S2/c1-9-14(10-4-6-20(9)7-5-10)19-15(21)11-2-3-13(23-11)24-16-18-8-12(17)22-16/h2-3,8-10,14H,4-7H2,1H3,(H,19,21). The normalized spacial score (nSPS) is 28.9. The Morgan fingerprint density at radius 2 is 2.25 bits per heavy atom. The van der Waals surface area contributed by atoms with Crippen LogP contribution in [0.3, 0.4) is 0 Å². The second-order valence-corrected chi connectivity index (χ2v) is 8.97. The average molecular weight is 384 g/mol. The van der Waals surface area contributed by atoms with E-state index in [0.717, 1.165) is 22.2 Å². The predicted molar refractivity (Wildman–Crippen MR) is 95.0 cm³/mol. The molecule has 0 aromatic carbocycles. The maximum absolute atomic E-state index is 12.6. The number of hydrogen-bond acceptors (Lipinski definition) is 6. The molecule has 0 saturated carbocycles. The van der Waals surface area contributed by atoms with E-state index in [-0.39, 0.29) is 17.2 Å². The lowest BCUT2D eigenvalue weighted by molar-refractivity contribution is 0.0218. The number of carbonyl (C=O) groups is 1. The third kappa shape index (κ3) is 3.22. The van der Waals surface area contributed by atoms with Crippen molar-refractivity contribution in [2.24, 2.45) is 5.92 Å². The molecule has 3 saturated heterocycles. The van der Waals surface area contributed by atoms with Gasteiger partial charge in [0.1, 0.15) is 0 Å². The summed E-state index contributed by atoms with van der Waals surface area (Å²) in [6.07, 6.45) is 3.84. The van der Waals surface area contributed by atoms with Crippen LogP contribution in [-0.2, 0) is 0 Å². The van der Waals surface area contributed by atoms with Crippen LogP contribution in [0.15, 0.2) is 32.2 Å². The maximum atomic E-state index is 12.6. The van der Waals surface area contributed by atoms with E-state index in [2.05, 4.69) is 22.1 Å². The minimum atomic E-state index is 0.0166. The Labute approximate surface area is 153 Å². The monoisotopic (exact) mass is 383 g/mol. The van der Waals surface area contributed by atoms with Crippen molar-refractivity contribution in [3.05, 3.63) is 28.4 Å². The zero-order valence-electron chi connectivity index (χ0n) is 13.2. The zero-order chi connectivity index (χ0) is 16.7. The van der Waals surface area contributed by atoms with Crippen LogP contribution in [0, 0.1) is 5.92 Å². The Hall–Kier alpha value is -1.02. The van der Waals surface area contributed by atoms with E-state index in [1.807, 2.05) is 12.1 Å². The molecule has 3 fully saturated rings. The summed E-state index contributed by atoms with van der Waals surface area (Å²) in [4.78, 5) is 19.9. The number of oxazole rings is 1. The lowest BCUT2D eigenvalue weighted by atomic mass is 9.79. The van der Waals surface area contributed by atoms with Crippen LogP contribution >= 0.6 is 34.7 Å². The molecule has 0 aliphatic carbocycles. The molecule has 0 radical (unpaired) electrons. The van der Waals surface area contributed by atoms with E-state index in [1.165, 1.54) is 42.1 Å². The number of hydrogen-bond donors (Lipinski definition) is 1. The summed E-state index contributed by atoms with van der Waals surface area (Å²) in [7, 11) is 0. The zero-order valence-corrected chi connectivity index (χ0v) is 15.6. The van der Waals surface area contributed by atoms with Gasteiger partial charge in [0.25, 0.3) is 11.1 Å². The van der Waals surface area contributed by atoms with Gasteiger partial charge in [-0.3, -0.25) is 9.69 Å². The number of rotatable bonds is 4. The summed E-state index contributed by atoms with van der Waals surface area (Å²) < 4.78 is 6.20. The maximum Gasteiger partial charge on any atom is 0.262 e. The number of piperidine rings is 3. The molecule has 2 aromatic heterocycles. The van der Waals surface area contributed by atoms with Crippen molar-refractivity contribution in [1.29, 1.82) is 0 Å². The number of thiophene rings is 1. The molecule has 2 bridgehead atoms. The highest BCUT2D eigenvalue weighted by Crippen LogP contribution is 2.35. The molecule has 24 heavy (non-hydrogen) atoms. The van der Waals surface area contributed by atoms with Crippen LogP contribution < -0.4 is 5.32 Å². The van der Waals surface area contributed by atoms with Crippen LogP contribution in [0.2, 0.25) is 5.22 Å². The second kappa shape index (κ2) is 6.71. The van der Waals surface area contributed by atoms with Crippen molar-refractivity contribution in [3.63, 3.8) is 0 Å². The molecular weight excluding hydrogens is 366 g/mol. The highest BCUT2D eigenvalue weighted by Gasteiger charge is 2.40. The third-order valence-corrected chi connectivity index (χ3v) is 7.18. The summed E-state index contributed by atoms with van der Waals surface area (Å²) in [5.74, 6) is 0.625. The fraction of sp³-hybridized carbons (Fsp3) is 0.500. The molecule has 128 valence electrons. The first-order chi connectivity index (χ1) is 11.6. The molecule has 5 heterocycles. The first kappa shape index (κ1) is 16.4. The smallest absolute Gasteiger partial charge is 0.262 e. The van der Waals surface area contributed by atoms with Crippen molar-refractivity contribution in [3.8, 4) is 0 Å². The Morgan fingerprint density at radius 1 is 1.46 bits per heavy atom. The van der Waals surface area contributed by atoms with Gasteiger partial charge in [0.15, 0.2) is 0 Å². The molecule has 8 heteroatoms. The van der Waals surface area contributed by atoms with E-state index in [9.17, 15) is 4.79 Å². The van der Waals surface area contributed by atoms with E-state index < -0.39 is 0 Å². The highest BCUT2D eigenvalue weighted by atomic mass is 35.5. The number of fused-ring (bicyclic) bond motifs is 3. The molecular formula is C16H18ClN3O2S2. The van der Waals surface area contributed by atoms with Gasteiger partial charge in [-0.2, -0.15) is 0 Å². The lowest BCUT2D eigenvalue weighted by Crippen LogP contribution is -2.62. The molecule has 1 amide bonds. The highest BCUT2D eigenvalue weighted by molar-refractivity contribution is 8.01. The van der Waals surface area contributed by atoms with Crippen LogP contribution in [0.25, 0.3) is 0 Å². The first-order valence-electron chi connectivity index (χ1n) is 8.04. The number of carbonyl (C=O) groups excluding carboxylic acids is 1. The molecule has 3 aliphatic rings. The number of amides is 1.